The topological polar surface area (TPSA) is 45.8 Å². The number of aryl methyl sites for hydroxylation is 3. The van der Waals surface area contributed by atoms with Gasteiger partial charge in [-0.2, -0.15) is 0 Å². The molecule has 0 spiro atoms. The molecule has 1 aliphatic carbocycles. The molecule has 1 aliphatic rings. The molecule has 0 aliphatic heterocycles. The van der Waals surface area contributed by atoms with Crippen LogP contribution in [0.1, 0.15) is 28.8 Å². The third-order valence-corrected chi connectivity index (χ3v) is 6.11. The molecule has 0 unspecified atom stereocenters. The molecule has 0 saturated carbocycles. The molecule has 20 heavy (non-hydrogen) atoms. The van der Waals surface area contributed by atoms with Crippen molar-refractivity contribution in [1.29, 1.82) is 0 Å². The molecule has 0 bridgehead atoms. The number of H-pyrrole nitrogens is 1. The average Bonchev–Trinajstić information content (AvgIpc) is 3.01. The fourth-order valence-electron chi connectivity index (χ4n) is 2.89. The van der Waals surface area contributed by atoms with Crippen molar-refractivity contribution in [3.8, 4) is 10.7 Å². The van der Waals surface area contributed by atoms with Crippen molar-refractivity contribution < 1.29 is 0 Å². The van der Waals surface area contributed by atoms with Crippen LogP contribution < -0.4 is 5.56 Å². The lowest BCUT2D eigenvalue weighted by Gasteiger charge is -2.09. The molecule has 3 nitrogen and oxygen atoms in total. The maximum absolute atomic E-state index is 12.5. The number of fused-ring (bicyclic) bond motifs is 3. The zero-order valence-electron chi connectivity index (χ0n) is 11.2. The van der Waals surface area contributed by atoms with E-state index in [1.165, 1.54) is 28.8 Å². The van der Waals surface area contributed by atoms with Crippen LogP contribution in [0.3, 0.4) is 0 Å². The van der Waals surface area contributed by atoms with Crippen molar-refractivity contribution in [3.05, 3.63) is 37.8 Å². The lowest BCUT2D eigenvalue weighted by Crippen LogP contribution is -2.11. The molecule has 4 rings (SSSR count). The van der Waals surface area contributed by atoms with Gasteiger partial charge in [0.1, 0.15) is 4.83 Å². The number of hydrogen-bond acceptors (Lipinski definition) is 4. The molecule has 3 aromatic heterocycles. The van der Waals surface area contributed by atoms with Crippen LogP contribution in [0.25, 0.3) is 20.9 Å². The molecule has 1 N–H and O–H groups in total. The van der Waals surface area contributed by atoms with Gasteiger partial charge in [-0.3, -0.25) is 4.79 Å². The van der Waals surface area contributed by atoms with Gasteiger partial charge in [-0.1, -0.05) is 0 Å². The van der Waals surface area contributed by atoms with E-state index in [9.17, 15) is 4.79 Å². The number of aromatic nitrogens is 2. The predicted molar refractivity (Wildman–Crippen MR) is 84.9 cm³/mol. The molecule has 0 amide bonds. The zero-order chi connectivity index (χ0) is 13.7. The first kappa shape index (κ1) is 12.3. The van der Waals surface area contributed by atoms with Gasteiger partial charge in [0.2, 0.25) is 0 Å². The van der Waals surface area contributed by atoms with Crippen molar-refractivity contribution in [3.63, 3.8) is 0 Å². The molecule has 0 radical (unpaired) electrons. The van der Waals surface area contributed by atoms with Gasteiger partial charge in [-0.05, 0) is 55.2 Å². The smallest absolute Gasteiger partial charge is 0.260 e. The lowest BCUT2D eigenvalue weighted by molar-refractivity contribution is 0.700. The minimum Gasteiger partial charge on any atom is -0.305 e. The molecule has 3 heterocycles. The van der Waals surface area contributed by atoms with Crippen LogP contribution in [0.5, 0.6) is 0 Å². The number of nitrogens with one attached hydrogen (secondary N) is 1. The molecule has 0 aromatic carbocycles. The summed E-state index contributed by atoms with van der Waals surface area (Å²) >= 11 is 3.33. The second-order valence-electron chi connectivity index (χ2n) is 5.24. The molecule has 0 fully saturated rings. The minimum atomic E-state index is 0.0252. The Morgan fingerprint density at radius 3 is 2.95 bits per heavy atom. The highest BCUT2D eigenvalue weighted by molar-refractivity contribution is 7.19. The highest BCUT2D eigenvalue weighted by Gasteiger charge is 2.20. The Morgan fingerprint density at radius 1 is 1.30 bits per heavy atom. The highest BCUT2D eigenvalue weighted by atomic mass is 32.1. The number of hydrogen-bond donors (Lipinski definition) is 1. The Hall–Kier alpha value is -1.46. The summed E-state index contributed by atoms with van der Waals surface area (Å²) in [6.07, 6.45) is 4.54. The predicted octanol–water partition coefficient (Wildman–Crippen LogP) is 3.90. The van der Waals surface area contributed by atoms with Gasteiger partial charge in [0.25, 0.3) is 5.56 Å². The summed E-state index contributed by atoms with van der Waals surface area (Å²) in [7, 11) is 0. The van der Waals surface area contributed by atoms with Gasteiger partial charge in [-0.25, -0.2) is 4.98 Å². The highest BCUT2D eigenvalue weighted by Crippen LogP contribution is 2.35. The van der Waals surface area contributed by atoms with Crippen LogP contribution in [0.15, 0.2) is 16.2 Å². The van der Waals surface area contributed by atoms with E-state index in [0.717, 1.165) is 27.9 Å². The van der Waals surface area contributed by atoms with Crippen molar-refractivity contribution >= 4 is 32.9 Å². The molecule has 102 valence electrons. The molecular formula is C15H14N2OS2. The fourth-order valence-corrected chi connectivity index (χ4v) is 5.02. The van der Waals surface area contributed by atoms with E-state index in [2.05, 4.69) is 18.0 Å². The van der Waals surface area contributed by atoms with E-state index >= 15 is 0 Å². The maximum atomic E-state index is 12.5. The first-order valence-electron chi connectivity index (χ1n) is 6.83. The Kier molecular flexibility index (Phi) is 2.79. The Morgan fingerprint density at radius 2 is 2.15 bits per heavy atom. The van der Waals surface area contributed by atoms with E-state index in [-0.39, 0.29) is 5.56 Å². The average molecular weight is 302 g/mol. The third-order valence-electron chi connectivity index (χ3n) is 3.90. The van der Waals surface area contributed by atoms with E-state index in [4.69, 9.17) is 4.98 Å². The van der Waals surface area contributed by atoms with E-state index in [0.29, 0.717) is 5.82 Å². The minimum absolute atomic E-state index is 0.0252. The van der Waals surface area contributed by atoms with Crippen LogP contribution in [0.2, 0.25) is 0 Å². The second-order valence-corrected chi connectivity index (χ2v) is 7.24. The first-order valence-corrected chi connectivity index (χ1v) is 8.52. The lowest BCUT2D eigenvalue weighted by atomic mass is 9.97. The van der Waals surface area contributed by atoms with Crippen molar-refractivity contribution in [1.82, 2.24) is 9.97 Å². The van der Waals surface area contributed by atoms with Crippen LogP contribution in [0, 0.1) is 6.92 Å². The summed E-state index contributed by atoms with van der Waals surface area (Å²) in [6.45, 7) is 2.05. The third kappa shape index (κ3) is 1.77. The summed E-state index contributed by atoms with van der Waals surface area (Å²) in [6, 6.07) is 2.06. The summed E-state index contributed by atoms with van der Waals surface area (Å²) in [4.78, 5) is 23.5. The number of rotatable bonds is 1. The summed E-state index contributed by atoms with van der Waals surface area (Å²) in [5.74, 6) is 0.716. The summed E-state index contributed by atoms with van der Waals surface area (Å²) in [5.41, 5.74) is 2.44. The van der Waals surface area contributed by atoms with E-state index < -0.39 is 0 Å². The summed E-state index contributed by atoms with van der Waals surface area (Å²) in [5, 5.41) is 2.87. The Labute approximate surface area is 124 Å². The zero-order valence-corrected chi connectivity index (χ0v) is 12.8. The Balaban J connectivity index is 2.00. The standard InChI is InChI=1S/C15H14N2OS2/c1-8-6-7-19-12(8)13-16-14(18)11-9-4-2-3-5-10(9)20-15(11)17-13/h6-7H,2-5H2,1H3,(H,16,17,18). The van der Waals surface area contributed by atoms with Crippen molar-refractivity contribution in [2.45, 2.75) is 32.6 Å². The van der Waals surface area contributed by atoms with Gasteiger partial charge in [-0.15, -0.1) is 22.7 Å². The van der Waals surface area contributed by atoms with Gasteiger partial charge < -0.3 is 4.98 Å². The van der Waals surface area contributed by atoms with Crippen LogP contribution in [0.4, 0.5) is 0 Å². The molecule has 0 atom stereocenters. The van der Waals surface area contributed by atoms with Crippen molar-refractivity contribution in [2.75, 3.05) is 0 Å². The van der Waals surface area contributed by atoms with Crippen molar-refractivity contribution in [2.24, 2.45) is 0 Å². The second kappa shape index (κ2) is 4.53. The normalized spacial score (nSPS) is 14.7. The van der Waals surface area contributed by atoms with E-state index in [1.807, 2.05) is 5.38 Å². The van der Waals surface area contributed by atoms with E-state index in [1.54, 1.807) is 22.7 Å². The maximum Gasteiger partial charge on any atom is 0.260 e. The fraction of sp³-hybridized carbons (Fsp3) is 0.333. The quantitative estimate of drug-likeness (QED) is 0.741. The van der Waals surface area contributed by atoms with Gasteiger partial charge in [0, 0.05) is 4.88 Å². The number of aromatic amines is 1. The Bertz CT molecular complexity index is 857. The molecular weight excluding hydrogens is 288 g/mol. The number of thiophene rings is 2. The van der Waals surface area contributed by atoms with Gasteiger partial charge in [0.05, 0.1) is 10.3 Å². The largest absolute Gasteiger partial charge is 0.305 e. The molecule has 3 aromatic rings. The molecule has 0 saturated heterocycles. The van der Waals surface area contributed by atoms with Crippen LogP contribution >= 0.6 is 22.7 Å². The summed E-state index contributed by atoms with van der Waals surface area (Å²) < 4.78 is 0. The van der Waals surface area contributed by atoms with Crippen LogP contribution in [-0.4, -0.2) is 9.97 Å². The SMILES string of the molecule is Cc1ccsc1-c1nc2sc3c(c2c(=O)[nH]1)CCCC3. The van der Waals surface area contributed by atoms with Gasteiger partial charge >= 0.3 is 0 Å². The van der Waals surface area contributed by atoms with Crippen LogP contribution in [-0.2, 0) is 12.8 Å². The number of nitrogens with zero attached hydrogens (tertiary/aromatic N) is 1. The monoisotopic (exact) mass is 302 g/mol. The van der Waals surface area contributed by atoms with Gasteiger partial charge in [0.15, 0.2) is 5.82 Å². The molecule has 5 heteroatoms. The first-order chi connectivity index (χ1) is 9.74.